The molecule has 9 nitrogen and oxygen atoms in total. The Hall–Kier alpha value is -3.49. The number of nitrogens with two attached hydrogens (primary N) is 1. The highest BCUT2D eigenvalue weighted by Gasteiger charge is 2.21. The number of carbonyl (C=O) groups is 2. The van der Waals surface area contributed by atoms with Crippen molar-refractivity contribution in [3.8, 4) is 0 Å². The number of nitrogens with zero attached hydrogens (tertiary/aromatic N) is 4. The Bertz CT molecular complexity index is 966. The van der Waals surface area contributed by atoms with E-state index in [1.165, 1.54) is 10.7 Å². The summed E-state index contributed by atoms with van der Waals surface area (Å²) < 4.78 is 6.11. The van der Waals surface area contributed by atoms with Crippen molar-refractivity contribution in [2.75, 3.05) is 17.7 Å². The van der Waals surface area contributed by atoms with Crippen LogP contribution in [-0.4, -0.2) is 38.3 Å². The first-order valence-corrected chi connectivity index (χ1v) is 7.57. The predicted molar refractivity (Wildman–Crippen MR) is 90.3 cm³/mol. The van der Waals surface area contributed by atoms with E-state index in [4.69, 9.17) is 10.5 Å². The molecule has 128 valence electrons. The number of nitrogens with one attached hydrogen (secondary N) is 1. The molecular formula is C16H16N6O3. The van der Waals surface area contributed by atoms with E-state index in [-0.39, 0.29) is 29.3 Å². The summed E-state index contributed by atoms with van der Waals surface area (Å²) in [5.74, 6) is -1.12. The van der Waals surface area contributed by atoms with E-state index in [0.717, 1.165) is 5.56 Å². The van der Waals surface area contributed by atoms with Crippen LogP contribution in [0.4, 0.5) is 11.5 Å². The number of hydrogen-bond donors (Lipinski definition) is 2. The molecule has 3 N–H and O–H groups in total. The van der Waals surface area contributed by atoms with Gasteiger partial charge in [0.2, 0.25) is 0 Å². The molecule has 3 rings (SSSR count). The molecule has 9 heteroatoms. The number of amides is 1. The minimum Gasteiger partial charge on any atom is -0.462 e. The average Bonchev–Trinajstić information content (AvgIpc) is 3.02. The zero-order valence-electron chi connectivity index (χ0n) is 13.7. The van der Waals surface area contributed by atoms with E-state index in [1.807, 2.05) is 19.1 Å². The third-order valence-corrected chi connectivity index (χ3v) is 3.56. The van der Waals surface area contributed by atoms with Gasteiger partial charge in [-0.25, -0.2) is 4.79 Å². The quantitative estimate of drug-likeness (QED) is 0.688. The number of carbonyl (C=O) groups excluding carboxylic acids is 2. The van der Waals surface area contributed by atoms with Gasteiger partial charge in [0, 0.05) is 5.69 Å². The summed E-state index contributed by atoms with van der Waals surface area (Å²) in [7, 11) is 0. The Labute approximate surface area is 142 Å². The molecule has 2 aromatic heterocycles. The highest BCUT2D eigenvalue weighted by atomic mass is 16.5. The van der Waals surface area contributed by atoms with Crippen molar-refractivity contribution >= 4 is 29.0 Å². The monoisotopic (exact) mass is 340 g/mol. The Kier molecular flexibility index (Phi) is 4.29. The van der Waals surface area contributed by atoms with Gasteiger partial charge in [0.25, 0.3) is 5.91 Å². The summed E-state index contributed by atoms with van der Waals surface area (Å²) in [4.78, 5) is 24.3. The molecule has 0 aliphatic rings. The van der Waals surface area contributed by atoms with Crippen molar-refractivity contribution in [1.29, 1.82) is 0 Å². The van der Waals surface area contributed by atoms with E-state index < -0.39 is 11.9 Å². The maximum atomic E-state index is 12.4. The van der Waals surface area contributed by atoms with Crippen molar-refractivity contribution in [3.05, 3.63) is 47.3 Å². The lowest BCUT2D eigenvalue weighted by atomic mass is 10.2. The molecular weight excluding hydrogens is 324 g/mol. The van der Waals surface area contributed by atoms with Crippen molar-refractivity contribution in [2.24, 2.45) is 0 Å². The van der Waals surface area contributed by atoms with Crippen molar-refractivity contribution in [3.63, 3.8) is 0 Å². The largest absolute Gasteiger partial charge is 0.462 e. The summed E-state index contributed by atoms with van der Waals surface area (Å²) in [5.41, 5.74) is 7.69. The predicted octanol–water partition coefficient (Wildman–Crippen LogP) is 1.44. The molecule has 3 aromatic rings. The van der Waals surface area contributed by atoms with Crippen molar-refractivity contribution in [1.82, 2.24) is 19.8 Å². The minimum atomic E-state index is -0.580. The second kappa shape index (κ2) is 6.56. The third-order valence-electron chi connectivity index (χ3n) is 3.56. The van der Waals surface area contributed by atoms with E-state index >= 15 is 0 Å². The number of fused-ring (bicyclic) bond motifs is 1. The summed E-state index contributed by atoms with van der Waals surface area (Å²) in [6.07, 6.45) is 1.28. The first kappa shape index (κ1) is 16.4. The highest BCUT2D eigenvalue weighted by Crippen LogP contribution is 2.18. The number of benzene rings is 1. The SMILES string of the molecule is CCOC(=O)c1cnn2c(N)c(C(=O)Nc3ccccc3C)nnc12. The molecule has 0 bridgehead atoms. The lowest BCUT2D eigenvalue weighted by Crippen LogP contribution is -2.20. The summed E-state index contributed by atoms with van der Waals surface area (Å²) in [6.45, 7) is 3.78. The highest BCUT2D eigenvalue weighted by molar-refractivity contribution is 6.06. The number of hydrogen-bond acceptors (Lipinski definition) is 7. The van der Waals surface area contributed by atoms with Gasteiger partial charge in [-0.15, -0.1) is 10.2 Å². The number of para-hydroxylation sites is 1. The fourth-order valence-corrected chi connectivity index (χ4v) is 2.27. The molecule has 0 radical (unpaired) electrons. The van der Waals surface area contributed by atoms with Gasteiger partial charge < -0.3 is 15.8 Å². The number of rotatable bonds is 4. The second-order valence-electron chi connectivity index (χ2n) is 5.22. The summed E-state index contributed by atoms with van der Waals surface area (Å²) in [5, 5.41) is 14.5. The van der Waals surface area contributed by atoms with Crippen LogP contribution in [0.5, 0.6) is 0 Å². The van der Waals surface area contributed by atoms with Gasteiger partial charge in [0.15, 0.2) is 17.2 Å². The number of ether oxygens (including phenoxy) is 1. The van der Waals surface area contributed by atoms with Gasteiger partial charge in [0.1, 0.15) is 5.56 Å². The van der Waals surface area contributed by atoms with Crippen LogP contribution in [0.2, 0.25) is 0 Å². The van der Waals surface area contributed by atoms with E-state index in [1.54, 1.807) is 19.1 Å². The molecule has 1 aromatic carbocycles. The zero-order valence-corrected chi connectivity index (χ0v) is 13.7. The van der Waals surface area contributed by atoms with Gasteiger partial charge in [-0.3, -0.25) is 4.79 Å². The molecule has 0 saturated carbocycles. The first-order valence-electron chi connectivity index (χ1n) is 7.57. The van der Waals surface area contributed by atoms with Gasteiger partial charge >= 0.3 is 5.97 Å². The number of anilines is 2. The van der Waals surface area contributed by atoms with Crippen LogP contribution < -0.4 is 11.1 Å². The van der Waals surface area contributed by atoms with Crippen LogP contribution >= 0.6 is 0 Å². The second-order valence-corrected chi connectivity index (χ2v) is 5.22. The molecule has 2 heterocycles. The number of aryl methyl sites for hydroxylation is 1. The van der Waals surface area contributed by atoms with Crippen molar-refractivity contribution in [2.45, 2.75) is 13.8 Å². The first-order chi connectivity index (χ1) is 12.0. The molecule has 0 fully saturated rings. The van der Waals surface area contributed by atoms with Crippen LogP contribution in [0.25, 0.3) is 5.65 Å². The molecule has 0 aliphatic carbocycles. The van der Waals surface area contributed by atoms with Gasteiger partial charge in [-0.05, 0) is 25.5 Å². The maximum absolute atomic E-state index is 12.4. The average molecular weight is 340 g/mol. The van der Waals surface area contributed by atoms with Crippen LogP contribution in [0.15, 0.2) is 30.5 Å². The normalized spacial score (nSPS) is 10.6. The Morgan fingerprint density at radius 3 is 2.76 bits per heavy atom. The van der Waals surface area contributed by atoms with E-state index in [0.29, 0.717) is 5.69 Å². The van der Waals surface area contributed by atoms with Crippen molar-refractivity contribution < 1.29 is 14.3 Å². The molecule has 25 heavy (non-hydrogen) atoms. The maximum Gasteiger partial charge on any atom is 0.343 e. The van der Waals surface area contributed by atoms with Crippen LogP contribution in [0, 0.1) is 6.92 Å². The van der Waals surface area contributed by atoms with E-state index in [2.05, 4.69) is 20.6 Å². The summed E-state index contributed by atoms with van der Waals surface area (Å²) in [6, 6.07) is 7.31. The zero-order chi connectivity index (χ0) is 18.0. The number of esters is 1. The van der Waals surface area contributed by atoms with Crippen LogP contribution in [-0.2, 0) is 4.74 Å². The van der Waals surface area contributed by atoms with Gasteiger partial charge in [-0.2, -0.15) is 9.61 Å². The third kappa shape index (κ3) is 2.99. The number of aromatic nitrogens is 4. The molecule has 0 aliphatic heterocycles. The molecule has 1 amide bonds. The lowest BCUT2D eigenvalue weighted by Gasteiger charge is -2.09. The Morgan fingerprint density at radius 1 is 1.28 bits per heavy atom. The Morgan fingerprint density at radius 2 is 2.04 bits per heavy atom. The van der Waals surface area contributed by atoms with Crippen LogP contribution in [0.3, 0.4) is 0 Å². The smallest absolute Gasteiger partial charge is 0.343 e. The lowest BCUT2D eigenvalue weighted by molar-refractivity contribution is 0.0528. The van der Waals surface area contributed by atoms with Crippen LogP contribution in [0.1, 0.15) is 33.3 Å². The molecule has 0 saturated heterocycles. The van der Waals surface area contributed by atoms with Gasteiger partial charge in [-0.1, -0.05) is 18.2 Å². The van der Waals surface area contributed by atoms with E-state index in [9.17, 15) is 9.59 Å². The fraction of sp³-hybridized carbons (Fsp3) is 0.188. The van der Waals surface area contributed by atoms with Gasteiger partial charge in [0.05, 0.1) is 12.8 Å². The molecule has 0 spiro atoms. The molecule has 0 atom stereocenters. The standard InChI is InChI=1S/C16H16N6O3/c1-3-25-16(24)10-8-18-22-13(17)12(20-21-14(10)22)15(23)19-11-7-5-4-6-9(11)2/h4-8H,3,17H2,1-2H3,(H,19,23). The Balaban J connectivity index is 1.95. The fourth-order valence-electron chi connectivity index (χ4n) is 2.27. The number of nitrogen functional groups attached to an aromatic ring is 1. The minimum absolute atomic E-state index is 0.0216. The topological polar surface area (TPSA) is 124 Å². The molecule has 0 unspecified atom stereocenters. The summed E-state index contributed by atoms with van der Waals surface area (Å²) >= 11 is 0.